The van der Waals surface area contributed by atoms with E-state index >= 15 is 0 Å². The molecule has 0 aliphatic carbocycles. The van der Waals surface area contributed by atoms with E-state index in [1.165, 1.54) is 12.1 Å². The van der Waals surface area contributed by atoms with Gasteiger partial charge in [-0.3, -0.25) is 4.79 Å². The van der Waals surface area contributed by atoms with Gasteiger partial charge in [-0.15, -0.1) is 0 Å². The molecule has 2 nitrogen and oxygen atoms in total. The minimum Gasteiger partial charge on any atom is -0.367 e. The van der Waals surface area contributed by atoms with E-state index in [2.05, 4.69) is 4.98 Å². The molecule has 2 aromatic rings. The molecule has 15 heavy (non-hydrogen) atoms. The van der Waals surface area contributed by atoms with Gasteiger partial charge in [0, 0.05) is 23.5 Å². The number of halogens is 1. The predicted octanol–water partition coefficient (Wildman–Crippen LogP) is 2.69. The number of hydrogen-bond donors (Lipinski definition) is 1. The Kier molecular flexibility index (Phi) is 2.37. The van der Waals surface area contributed by atoms with Gasteiger partial charge in [0.15, 0.2) is 5.78 Å². The summed E-state index contributed by atoms with van der Waals surface area (Å²) in [6.45, 7) is 1.79. The van der Waals surface area contributed by atoms with Crippen LogP contribution < -0.4 is 0 Å². The SMILES string of the molecule is Cc1ccc(F)cc1C(=O)c1cc[nH]c1. The Labute approximate surface area is 86.8 Å². The van der Waals surface area contributed by atoms with E-state index in [9.17, 15) is 9.18 Å². The van der Waals surface area contributed by atoms with Gasteiger partial charge in [-0.25, -0.2) is 4.39 Å². The lowest BCUT2D eigenvalue weighted by molar-refractivity contribution is 0.103. The van der Waals surface area contributed by atoms with Crippen molar-refractivity contribution < 1.29 is 9.18 Å². The average molecular weight is 203 g/mol. The Morgan fingerprint density at radius 3 is 2.80 bits per heavy atom. The number of hydrogen-bond acceptors (Lipinski definition) is 1. The normalized spacial score (nSPS) is 10.3. The molecule has 1 aromatic heterocycles. The number of aromatic amines is 1. The molecule has 1 N–H and O–H groups in total. The van der Waals surface area contributed by atoms with E-state index < -0.39 is 0 Å². The monoisotopic (exact) mass is 203 g/mol. The van der Waals surface area contributed by atoms with Crippen molar-refractivity contribution in [3.05, 3.63) is 59.2 Å². The first-order chi connectivity index (χ1) is 7.18. The van der Waals surface area contributed by atoms with Crippen LogP contribution in [0.2, 0.25) is 0 Å². The zero-order valence-corrected chi connectivity index (χ0v) is 8.25. The van der Waals surface area contributed by atoms with Crippen molar-refractivity contribution in [1.82, 2.24) is 4.98 Å². The van der Waals surface area contributed by atoms with Crippen LogP contribution in [0.15, 0.2) is 36.7 Å². The summed E-state index contributed by atoms with van der Waals surface area (Å²) in [4.78, 5) is 14.7. The quantitative estimate of drug-likeness (QED) is 0.748. The summed E-state index contributed by atoms with van der Waals surface area (Å²) in [6.07, 6.45) is 3.27. The second-order valence-corrected chi connectivity index (χ2v) is 3.39. The van der Waals surface area contributed by atoms with Crippen LogP contribution in [0.4, 0.5) is 4.39 Å². The molecule has 0 atom stereocenters. The van der Waals surface area contributed by atoms with Gasteiger partial charge >= 0.3 is 0 Å². The number of aryl methyl sites for hydroxylation is 1. The molecule has 0 bridgehead atoms. The molecular weight excluding hydrogens is 193 g/mol. The lowest BCUT2D eigenvalue weighted by atomic mass is 10.0. The van der Waals surface area contributed by atoms with Crippen LogP contribution in [0.1, 0.15) is 21.5 Å². The van der Waals surface area contributed by atoms with Crippen LogP contribution >= 0.6 is 0 Å². The Bertz CT molecular complexity index is 488. The maximum atomic E-state index is 13.0. The molecule has 3 heteroatoms. The highest BCUT2D eigenvalue weighted by Gasteiger charge is 2.12. The molecule has 1 aromatic carbocycles. The molecular formula is C12H10FNO. The largest absolute Gasteiger partial charge is 0.367 e. The average Bonchev–Trinajstić information content (AvgIpc) is 2.74. The lowest BCUT2D eigenvalue weighted by Gasteiger charge is -2.03. The van der Waals surface area contributed by atoms with Crippen molar-refractivity contribution in [3.63, 3.8) is 0 Å². The van der Waals surface area contributed by atoms with Gasteiger partial charge < -0.3 is 4.98 Å². The molecule has 0 fully saturated rings. The molecule has 0 saturated carbocycles. The molecule has 0 saturated heterocycles. The highest BCUT2D eigenvalue weighted by atomic mass is 19.1. The number of carbonyl (C=O) groups is 1. The number of carbonyl (C=O) groups excluding carboxylic acids is 1. The highest BCUT2D eigenvalue weighted by molar-refractivity contribution is 6.09. The smallest absolute Gasteiger partial charge is 0.194 e. The zero-order valence-electron chi connectivity index (χ0n) is 8.25. The van der Waals surface area contributed by atoms with Gasteiger partial charge in [0.05, 0.1) is 0 Å². The van der Waals surface area contributed by atoms with E-state index in [0.717, 1.165) is 5.56 Å². The maximum Gasteiger partial charge on any atom is 0.194 e. The molecule has 2 rings (SSSR count). The van der Waals surface area contributed by atoms with E-state index in [1.54, 1.807) is 31.5 Å². The molecule has 76 valence electrons. The standard InChI is InChI=1S/C12H10FNO/c1-8-2-3-10(13)6-11(8)12(15)9-4-5-14-7-9/h2-7,14H,1H3. The first-order valence-electron chi connectivity index (χ1n) is 4.62. The van der Waals surface area contributed by atoms with E-state index in [1.807, 2.05) is 0 Å². The van der Waals surface area contributed by atoms with E-state index in [-0.39, 0.29) is 11.6 Å². The van der Waals surface area contributed by atoms with Crippen molar-refractivity contribution in [2.45, 2.75) is 6.92 Å². The summed E-state index contributed by atoms with van der Waals surface area (Å²) in [5.74, 6) is -0.548. The van der Waals surface area contributed by atoms with Gasteiger partial charge in [-0.1, -0.05) is 6.07 Å². The summed E-state index contributed by atoms with van der Waals surface area (Å²) in [7, 11) is 0. The van der Waals surface area contributed by atoms with Crippen LogP contribution in [0.3, 0.4) is 0 Å². The molecule has 0 unspecified atom stereocenters. The number of ketones is 1. The molecule has 0 radical (unpaired) electrons. The van der Waals surface area contributed by atoms with Gasteiger partial charge in [0.1, 0.15) is 5.82 Å². The molecule has 1 heterocycles. The van der Waals surface area contributed by atoms with Crippen LogP contribution in [-0.2, 0) is 0 Å². The Morgan fingerprint density at radius 1 is 1.33 bits per heavy atom. The summed E-state index contributed by atoms with van der Waals surface area (Å²) in [5, 5.41) is 0. The van der Waals surface area contributed by atoms with Gasteiger partial charge in [0.25, 0.3) is 0 Å². The Hall–Kier alpha value is -1.90. The van der Waals surface area contributed by atoms with Crippen LogP contribution in [0, 0.1) is 12.7 Å². The number of aromatic nitrogens is 1. The summed E-state index contributed by atoms with van der Waals surface area (Å²) in [5.41, 5.74) is 1.74. The third-order valence-corrected chi connectivity index (χ3v) is 2.30. The van der Waals surface area contributed by atoms with Gasteiger partial charge in [-0.2, -0.15) is 0 Å². The summed E-state index contributed by atoms with van der Waals surface area (Å²) < 4.78 is 13.0. The second-order valence-electron chi connectivity index (χ2n) is 3.39. The fraction of sp³-hybridized carbons (Fsp3) is 0.0833. The second kappa shape index (κ2) is 3.69. The van der Waals surface area contributed by atoms with Crippen molar-refractivity contribution in [2.24, 2.45) is 0 Å². The van der Waals surface area contributed by atoms with Crippen LogP contribution in [0.25, 0.3) is 0 Å². The van der Waals surface area contributed by atoms with Crippen molar-refractivity contribution in [1.29, 1.82) is 0 Å². The highest BCUT2D eigenvalue weighted by Crippen LogP contribution is 2.15. The van der Waals surface area contributed by atoms with Gasteiger partial charge in [0.2, 0.25) is 0 Å². The number of benzene rings is 1. The predicted molar refractivity (Wildman–Crippen MR) is 55.4 cm³/mol. The van der Waals surface area contributed by atoms with Gasteiger partial charge in [-0.05, 0) is 30.7 Å². The maximum absolute atomic E-state index is 13.0. The molecule has 0 amide bonds. The Balaban J connectivity index is 2.46. The summed E-state index contributed by atoms with van der Waals surface area (Å²) >= 11 is 0. The number of H-pyrrole nitrogens is 1. The third-order valence-electron chi connectivity index (χ3n) is 2.30. The molecule has 0 spiro atoms. The van der Waals surface area contributed by atoms with Crippen LogP contribution in [-0.4, -0.2) is 10.8 Å². The van der Waals surface area contributed by atoms with Crippen molar-refractivity contribution in [3.8, 4) is 0 Å². The van der Waals surface area contributed by atoms with Crippen molar-refractivity contribution in [2.75, 3.05) is 0 Å². The zero-order chi connectivity index (χ0) is 10.8. The Morgan fingerprint density at radius 2 is 2.13 bits per heavy atom. The van der Waals surface area contributed by atoms with Crippen LogP contribution in [0.5, 0.6) is 0 Å². The minimum absolute atomic E-state index is 0.159. The summed E-state index contributed by atoms with van der Waals surface area (Å²) in [6, 6.07) is 5.90. The number of rotatable bonds is 2. The van der Waals surface area contributed by atoms with Crippen molar-refractivity contribution >= 4 is 5.78 Å². The van der Waals surface area contributed by atoms with E-state index in [4.69, 9.17) is 0 Å². The lowest BCUT2D eigenvalue weighted by Crippen LogP contribution is -2.02. The fourth-order valence-electron chi connectivity index (χ4n) is 1.46. The minimum atomic E-state index is -0.389. The molecule has 0 aliphatic rings. The first-order valence-corrected chi connectivity index (χ1v) is 4.62. The van der Waals surface area contributed by atoms with E-state index in [0.29, 0.717) is 11.1 Å². The fourth-order valence-corrected chi connectivity index (χ4v) is 1.46. The number of nitrogens with one attached hydrogen (secondary N) is 1. The third kappa shape index (κ3) is 1.81. The first kappa shape index (κ1) is 9.65. The molecule has 0 aliphatic heterocycles. The topological polar surface area (TPSA) is 32.9 Å².